The molecule has 7 nitrogen and oxygen atoms in total. The Hall–Kier alpha value is -2.35. The predicted molar refractivity (Wildman–Crippen MR) is 86.8 cm³/mol. The zero-order chi connectivity index (χ0) is 17.7. The van der Waals surface area contributed by atoms with Crippen LogP contribution in [0, 0.1) is 5.82 Å². The summed E-state index contributed by atoms with van der Waals surface area (Å²) in [4.78, 5) is 24.6. The summed E-state index contributed by atoms with van der Waals surface area (Å²) < 4.78 is 18.2. The first-order valence-electron chi connectivity index (χ1n) is 7.79. The van der Waals surface area contributed by atoms with E-state index in [2.05, 4.69) is 10.6 Å². The molecule has 0 saturated heterocycles. The van der Waals surface area contributed by atoms with Gasteiger partial charge in [0.15, 0.2) is 11.6 Å². The third kappa shape index (κ3) is 4.58. The number of carbonyl (C=O) groups excluding carboxylic acids is 1. The number of carboxylic acid groups (broad SMARTS) is 1. The van der Waals surface area contributed by atoms with Gasteiger partial charge in [0.25, 0.3) is 0 Å². The topological polar surface area (TPSA) is 90.9 Å². The van der Waals surface area contributed by atoms with E-state index in [0.717, 1.165) is 0 Å². The number of rotatable bonds is 7. The van der Waals surface area contributed by atoms with Crippen LogP contribution in [-0.2, 0) is 4.79 Å². The Kier molecular flexibility index (Phi) is 5.97. The van der Waals surface area contributed by atoms with Crippen molar-refractivity contribution in [2.24, 2.45) is 0 Å². The molecule has 2 amide bonds. The maximum absolute atomic E-state index is 13.3. The Bertz CT molecular complexity index is 605. The summed E-state index contributed by atoms with van der Waals surface area (Å²) in [5, 5.41) is 14.3. The van der Waals surface area contributed by atoms with E-state index in [9.17, 15) is 14.0 Å². The lowest BCUT2D eigenvalue weighted by atomic mass is 9.85. The van der Waals surface area contributed by atoms with Crippen LogP contribution in [-0.4, -0.2) is 54.3 Å². The van der Waals surface area contributed by atoms with Crippen LogP contribution in [0.5, 0.6) is 5.75 Å². The highest BCUT2D eigenvalue weighted by Crippen LogP contribution is 2.26. The SMILES string of the molecule is CCN(CC(=O)O)C1CC(NC(=O)Nc2ccc(F)c(OC)c2)C1. The first-order valence-corrected chi connectivity index (χ1v) is 7.79. The smallest absolute Gasteiger partial charge is 0.319 e. The Morgan fingerprint density at radius 2 is 2.12 bits per heavy atom. The fourth-order valence-corrected chi connectivity index (χ4v) is 2.77. The van der Waals surface area contributed by atoms with Crippen molar-refractivity contribution in [2.75, 3.05) is 25.5 Å². The van der Waals surface area contributed by atoms with Gasteiger partial charge in [0.05, 0.1) is 13.7 Å². The fourth-order valence-electron chi connectivity index (χ4n) is 2.77. The maximum atomic E-state index is 13.3. The molecule has 1 fully saturated rings. The monoisotopic (exact) mass is 339 g/mol. The summed E-state index contributed by atoms with van der Waals surface area (Å²) in [6, 6.07) is 3.87. The number of likely N-dealkylation sites (N-methyl/N-ethyl adjacent to an activating group) is 1. The van der Waals surface area contributed by atoms with Crippen molar-refractivity contribution < 1.29 is 23.8 Å². The first kappa shape index (κ1) is 18.0. The largest absolute Gasteiger partial charge is 0.494 e. The second kappa shape index (κ2) is 7.96. The average molecular weight is 339 g/mol. The number of ether oxygens (including phenoxy) is 1. The number of benzene rings is 1. The molecule has 24 heavy (non-hydrogen) atoms. The molecule has 0 heterocycles. The molecule has 2 rings (SSSR count). The van der Waals surface area contributed by atoms with Crippen molar-refractivity contribution in [2.45, 2.75) is 31.8 Å². The third-order valence-corrected chi connectivity index (χ3v) is 4.12. The third-order valence-electron chi connectivity index (χ3n) is 4.12. The number of hydrogen-bond acceptors (Lipinski definition) is 4. The average Bonchev–Trinajstić information content (AvgIpc) is 2.50. The normalized spacial score (nSPS) is 19.5. The van der Waals surface area contributed by atoms with E-state index in [1.165, 1.54) is 25.3 Å². The molecule has 0 spiro atoms. The number of halogens is 1. The van der Waals surface area contributed by atoms with E-state index in [-0.39, 0.29) is 30.4 Å². The van der Waals surface area contributed by atoms with Crippen LogP contribution in [0.4, 0.5) is 14.9 Å². The predicted octanol–water partition coefficient (Wildman–Crippen LogP) is 1.89. The van der Waals surface area contributed by atoms with E-state index >= 15 is 0 Å². The lowest BCUT2D eigenvalue weighted by Gasteiger charge is -2.42. The minimum absolute atomic E-state index is 0.000175. The van der Waals surface area contributed by atoms with Crippen molar-refractivity contribution >= 4 is 17.7 Å². The Balaban J connectivity index is 1.79. The van der Waals surface area contributed by atoms with Gasteiger partial charge in [-0.05, 0) is 31.5 Å². The summed E-state index contributed by atoms with van der Waals surface area (Å²) in [7, 11) is 1.35. The van der Waals surface area contributed by atoms with Gasteiger partial charge in [-0.25, -0.2) is 9.18 Å². The summed E-state index contributed by atoms with van der Waals surface area (Å²) in [6.07, 6.45) is 1.42. The van der Waals surface area contributed by atoms with Gasteiger partial charge < -0.3 is 20.5 Å². The fraction of sp³-hybridized carbons (Fsp3) is 0.500. The number of urea groups is 1. The van der Waals surface area contributed by atoms with Gasteiger partial charge in [-0.2, -0.15) is 0 Å². The Labute approximate surface area is 139 Å². The van der Waals surface area contributed by atoms with Gasteiger partial charge in [0.2, 0.25) is 0 Å². The first-order chi connectivity index (χ1) is 11.4. The van der Waals surface area contributed by atoms with Crippen LogP contribution >= 0.6 is 0 Å². The van der Waals surface area contributed by atoms with Crippen molar-refractivity contribution in [1.29, 1.82) is 0 Å². The number of hydrogen-bond donors (Lipinski definition) is 3. The van der Waals surface area contributed by atoms with Gasteiger partial charge in [-0.3, -0.25) is 9.69 Å². The number of nitrogens with zero attached hydrogens (tertiary/aromatic N) is 1. The zero-order valence-electron chi connectivity index (χ0n) is 13.7. The number of carbonyl (C=O) groups is 2. The summed E-state index contributed by atoms with van der Waals surface area (Å²) in [6.45, 7) is 2.58. The van der Waals surface area contributed by atoms with Crippen molar-refractivity contribution in [3.8, 4) is 5.75 Å². The van der Waals surface area contributed by atoms with Crippen LogP contribution < -0.4 is 15.4 Å². The molecule has 1 aromatic rings. The van der Waals surface area contributed by atoms with E-state index in [0.29, 0.717) is 25.1 Å². The lowest BCUT2D eigenvalue weighted by Crippen LogP contribution is -2.55. The summed E-state index contributed by atoms with van der Waals surface area (Å²) in [5.74, 6) is -1.29. The highest BCUT2D eigenvalue weighted by molar-refractivity contribution is 5.89. The molecule has 1 saturated carbocycles. The van der Waals surface area contributed by atoms with Gasteiger partial charge >= 0.3 is 12.0 Å². The number of amides is 2. The van der Waals surface area contributed by atoms with Gasteiger partial charge in [0.1, 0.15) is 0 Å². The van der Waals surface area contributed by atoms with Crippen LogP contribution in [0.25, 0.3) is 0 Å². The zero-order valence-corrected chi connectivity index (χ0v) is 13.7. The molecule has 132 valence electrons. The molecule has 0 aliphatic heterocycles. The van der Waals surface area contributed by atoms with E-state index in [1.807, 2.05) is 11.8 Å². The Morgan fingerprint density at radius 1 is 1.42 bits per heavy atom. The van der Waals surface area contributed by atoms with Gasteiger partial charge in [-0.15, -0.1) is 0 Å². The highest BCUT2D eigenvalue weighted by Gasteiger charge is 2.34. The van der Waals surface area contributed by atoms with Crippen LogP contribution in [0.1, 0.15) is 19.8 Å². The minimum atomic E-state index is -0.851. The van der Waals surface area contributed by atoms with Crippen LogP contribution in [0.3, 0.4) is 0 Å². The molecule has 0 unspecified atom stereocenters. The summed E-state index contributed by atoms with van der Waals surface area (Å²) >= 11 is 0. The quantitative estimate of drug-likeness (QED) is 0.706. The molecule has 0 bridgehead atoms. The summed E-state index contributed by atoms with van der Waals surface area (Å²) in [5.41, 5.74) is 0.433. The van der Waals surface area contributed by atoms with Crippen molar-refractivity contribution in [3.63, 3.8) is 0 Å². The van der Waals surface area contributed by atoms with E-state index < -0.39 is 11.8 Å². The van der Waals surface area contributed by atoms with E-state index in [1.54, 1.807) is 0 Å². The molecule has 3 N–H and O–H groups in total. The molecular weight excluding hydrogens is 317 g/mol. The van der Waals surface area contributed by atoms with Gasteiger partial charge in [-0.1, -0.05) is 6.92 Å². The molecular formula is C16H22FN3O4. The number of nitrogens with one attached hydrogen (secondary N) is 2. The van der Waals surface area contributed by atoms with Gasteiger partial charge in [0, 0.05) is 23.8 Å². The van der Waals surface area contributed by atoms with Crippen molar-refractivity contribution in [1.82, 2.24) is 10.2 Å². The molecule has 1 aliphatic rings. The van der Waals surface area contributed by atoms with Crippen LogP contribution in [0.2, 0.25) is 0 Å². The molecule has 8 heteroatoms. The molecule has 0 aromatic heterocycles. The number of anilines is 1. The van der Waals surface area contributed by atoms with Crippen molar-refractivity contribution in [3.05, 3.63) is 24.0 Å². The number of methoxy groups -OCH3 is 1. The molecule has 0 atom stereocenters. The standard InChI is InChI=1S/C16H22FN3O4/c1-3-20(9-15(21)22)12-6-11(7-12)19-16(23)18-10-4-5-13(17)14(8-10)24-2/h4-5,8,11-12H,3,6-7,9H2,1-2H3,(H,21,22)(H2,18,19,23). The Morgan fingerprint density at radius 3 is 2.71 bits per heavy atom. The second-order valence-corrected chi connectivity index (χ2v) is 5.73. The molecule has 1 aromatic carbocycles. The molecule has 1 aliphatic carbocycles. The number of aliphatic carboxylic acids is 1. The lowest BCUT2D eigenvalue weighted by molar-refractivity contribution is -0.139. The number of carboxylic acids is 1. The highest BCUT2D eigenvalue weighted by atomic mass is 19.1. The second-order valence-electron chi connectivity index (χ2n) is 5.73. The molecule has 0 radical (unpaired) electrons. The maximum Gasteiger partial charge on any atom is 0.319 e. The van der Waals surface area contributed by atoms with Crippen LogP contribution in [0.15, 0.2) is 18.2 Å². The van der Waals surface area contributed by atoms with E-state index in [4.69, 9.17) is 9.84 Å². The minimum Gasteiger partial charge on any atom is -0.494 e.